The highest BCUT2D eigenvalue weighted by Gasteiger charge is 2.28. The van der Waals surface area contributed by atoms with E-state index in [0.29, 0.717) is 5.92 Å². The number of piperidine rings is 1. The summed E-state index contributed by atoms with van der Waals surface area (Å²) in [5.41, 5.74) is 1.47. The van der Waals surface area contributed by atoms with Crippen LogP contribution in [0.15, 0.2) is 24.3 Å². The fourth-order valence-electron chi connectivity index (χ4n) is 4.87. The topological polar surface area (TPSA) is 6.48 Å². The Balaban J connectivity index is 0.00000182. The Kier molecular flexibility index (Phi) is 11.6. The average Bonchev–Trinajstić information content (AvgIpc) is 2.89. The van der Waals surface area contributed by atoms with E-state index in [9.17, 15) is 0 Å². The van der Waals surface area contributed by atoms with Gasteiger partial charge in [-0.25, -0.2) is 0 Å². The lowest BCUT2D eigenvalue weighted by Gasteiger charge is -2.38. The zero-order valence-corrected chi connectivity index (χ0v) is 19.3. The lowest BCUT2D eigenvalue weighted by atomic mass is 9.80. The van der Waals surface area contributed by atoms with Crippen LogP contribution < -0.4 is 0 Å². The van der Waals surface area contributed by atoms with Crippen LogP contribution in [0.5, 0.6) is 0 Å². The molecule has 1 aromatic rings. The van der Waals surface area contributed by atoms with Gasteiger partial charge in [-0.3, -0.25) is 0 Å². The first-order valence-corrected chi connectivity index (χ1v) is 10.7. The molecule has 27 heavy (non-hydrogen) atoms. The summed E-state index contributed by atoms with van der Waals surface area (Å²) in [4.78, 5) is 5.12. The molecule has 2 fully saturated rings. The smallest absolute Gasteiger partial charge is 0.0408 e. The Morgan fingerprint density at radius 2 is 1.63 bits per heavy atom. The molecule has 1 saturated heterocycles. The quantitative estimate of drug-likeness (QED) is 0.503. The maximum Gasteiger partial charge on any atom is 0.0408 e. The number of halogens is 3. The van der Waals surface area contributed by atoms with E-state index in [4.69, 9.17) is 11.6 Å². The zero-order chi connectivity index (χ0) is 17.6. The minimum Gasteiger partial charge on any atom is -0.306 e. The largest absolute Gasteiger partial charge is 0.306 e. The van der Waals surface area contributed by atoms with Gasteiger partial charge in [0, 0.05) is 17.6 Å². The van der Waals surface area contributed by atoms with Crippen molar-refractivity contribution in [2.45, 2.75) is 63.3 Å². The molecule has 5 heteroatoms. The highest BCUT2D eigenvalue weighted by atomic mass is 35.5. The van der Waals surface area contributed by atoms with Gasteiger partial charge in [-0.2, -0.15) is 0 Å². The highest BCUT2D eigenvalue weighted by molar-refractivity contribution is 6.30. The Hall–Kier alpha value is 0.01000. The monoisotopic (exact) mass is 434 g/mol. The number of hydrogen-bond acceptors (Lipinski definition) is 2. The van der Waals surface area contributed by atoms with Crippen molar-refractivity contribution in [3.05, 3.63) is 34.9 Å². The van der Waals surface area contributed by atoms with Gasteiger partial charge in [0.05, 0.1) is 0 Å². The Bertz CT molecular complexity index is 522. The molecule has 1 saturated carbocycles. The first-order valence-electron chi connectivity index (χ1n) is 10.3. The molecule has 0 bridgehead atoms. The number of hydrogen-bond donors (Lipinski definition) is 0. The van der Waals surface area contributed by atoms with Crippen LogP contribution in [0, 0.1) is 5.92 Å². The van der Waals surface area contributed by atoms with Crippen molar-refractivity contribution in [2.24, 2.45) is 5.92 Å². The van der Waals surface area contributed by atoms with E-state index in [1.807, 2.05) is 6.07 Å². The van der Waals surface area contributed by atoms with Crippen molar-refractivity contribution >= 4 is 36.4 Å². The highest BCUT2D eigenvalue weighted by Crippen LogP contribution is 2.37. The summed E-state index contributed by atoms with van der Waals surface area (Å²) in [6.07, 6.45) is 11.1. The van der Waals surface area contributed by atoms with Crippen LogP contribution in [0.2, 0.25) is 5.02 Å². The van der Waals surface area contributed by atoms with E-state index in [1.54, 1.807) is 0 Å². The summed E-state index contributed by atoms with van der Waals surface area (Å²) in [5.74, 6) is 1.47. The van der Waals surface area contributed by atoms with Gasteiger partial charge in [-0.05, 0) is 82.4 Å². The fourth-order valence-corrected chi connectivity index (χ4v) is 5.07. The summed E-state index contributed by atoms with van der Waals surface area (Å²) in [6.45, 7) is 3.70. The van der Waals surface area contributed by atoms with Crippen LogP contribution in [-0.2, 0) is 0 Å². The van der Waals surface area contributed by atoms with Gasteiger partial charge in [0.15, 0.2) is 0 Å². The molecule has 1 aliphatic heterocycles. The van der Waals surface area contributed by atoms with Crippen LogP contribution in [0.1, 0.15) is 62.8 Å². The average molecular weight is 436 g/mol. The molecule has 0 N–H and O–H groups in total. The van der Waals surface area contributed by atoms with E-state index < -0.39 is 0 Å². The summed E-state index contributed by atoms with van der Waals surface area (Å²) >= 11 is 6.34. The summed E-state index contributed by atoms with van der Waals surface area (Å²) in [7, 11) is 4.45. The van der Waals surface area contributed by atoms with Crippen molar-refractivity contribution < 1.29 is 0 Å². The van der Waals surface area contributed by atoms with Crippen LogP contribution in [0.4, 0.5) is 0 Å². The van der Waals surface area contributed by atoms with Crippen LogP contribution in [-0.4, -0.2) is 49.6 Å². The van der Waals surface area contributed by atoms with Gasteiger partial charge >= 0.3 is 0 Å². The van der Waals surface area contributed by atoms with E-state index in [-0.39, 0.29) is 24.8 Å². The second kappa shape index (κ2) is 12.5. The molecular weight excluding hydrogens is 399 g/mol. The van der Waals surface area contributed by atoms with Gasteiger partial charge in [0.1, 0.15) is 0 Å². The molecule has 2 aliphatic rings. The van der Waals surface area contributed by atoms with Crippen molar-refractivity contribution in [1.82, 2.24) is 9.80 Å². The molecule has 0 amide bonds. The molecule has 0 radical (unpaired) electrons. The molecule has 1 unspecified atom stereocenters. The molecule has 1 aliphatic carbocycles. The Labute approximate surface area is 183 Å². The third kappa shape index (κ3) is 7.40. The standard InChI is InChI=1S/C22H35ClN2.2ClH/c1-24(2)21-12-14-25(15-13-21)17-22(18-8-5-3-4-6-9-18)19-10-7-11-20(23)16-19;;/h7,10-11,16,18,21-22H,3-6,8-9,12-15,17H2,1-2H3;2*1H. The molecule has 156 valence electrons. The van der Waals surface area contributed by atoms with Gasteiger partial charge in [-0.15, -0.1) is 24.8 Å². The predicted octanol–water partition coefficient (Wildman–Crippen LogP) is 6.26. The molecule has 1 aromatic carbocycles. The second-order valence-corrected chi connectivity index (χ2v) is 8.84. The van der Waals surface area contributed by atoms with Crippen molar-refractivity contribution in [3.63, 3.8) is 0 Å². The molecular formula is C22H37Cl3N2. The fraction of sp³-hybridized carbons (Fsp3) is 0.727. The maximum atomic E-state index is 6.34. The molecule has 2 nitrogen and oxygen atoms in total. The summed E-state index contributed by atoms with van der Waals surface area (Å²) < 4.78 is 0. The third-order valence-corrected chi connectivity index (χ3v) is 6.72. The van der Waals surface area contributed by atoms with E-state index >= 15 is 0 Å². The van der Waals surface area contributed by atoms with Crippen LogP contribution in [0.3, 0.4) is 0 Å². The lowest BCUT2D eigenvalue weighted by molar-refractivity contribution is 0.129. The van der Waals surface area contributed by atoms with Gasteiger partial charge in [0.25, 0.3) is 0 Å². The van der Waals surface area contributed by atoms with Gasteiger partial charge < -0.3 is 9.80 Å². The number of nitrogens with zero attached hydrogens (tertiary/aromatic N) is 2. The summed E-state index contributed by atoms with van der Waals surface area (Å²) in [5, 5.41) is 0.891. The minimum atomic E-state index is 0. The van der Waals surface area contributed by atoms with E-state index in [0.717, 1.165) is 17.0 Å². The Morgan fingerprint density at radius 3 is 2.19 bits per heavy atom. The maximum absolute atomic E-state index is 6.34. The second-order valence-electron chi connectivity index (χ2n) is 8.41. The normalized spacial score (nSPS) is 21.2. The molecule has 0 aromatic heterocycles. The lowest BCUT2D eigenvalue weighted by Crippen LogP contribution is -2.43. The predicted molar refractivity (Wildman–Crippen MR) is 123 cm³/mol. The van der Waals surface area contributed by atoms with Gasteiger partial charge in [-0.1, -0.05) is 49.4 Å². The minimum absolute atomic E-state index is 0. The molecule has 1 atom stereocenters. The Morgan fingerprint density at radius 1 is 1.00 bits per heavy atom. The SMILES string of the molecule is CN(C)C1CCN(CC(c2cccc(Cl)c2)C2CCCCCC2)CC1.Cl.Cl. The third-order valence-electron chi connectivity index (χ3n) is 6.49. The number of rotatable bonds is 5. The van der Waals surface area contributed by atoms with Crippen LogP contribution >= 0.6 is 36.4 Å². The van der Waals surface area contributed by atoms with Crippen molar-refractivity contribution in [3.8, 4) is 0 Å². The molecule has 1 heterocycles. The number of likely N-dealkylation sites (tertiary alicyclic amines) is 1. The molecule has 0 spiro atoms. The number of benzene rings is 1. The first-order chi connectivity index (χ1) is 12.1. The first kappa shape index (κ1) is 25.0. The zero-order valence-electron chi connectivity index (χ0n) is 16.9. The van der Waals surface area contributed by atoms with E-state index in [1.165, 1.54) is 76.6 Å². The van der Waals surface area contributed by atoms with E-state index in [2.05, 4.69) is 42.1 Å². The molecule has 3 rings (SSSR count). The van der Waals surface area contributed by atoms with Crippen molar-refractivity contribution in [1.29, 1.82) is 0 Å². The van der Waals surface area contributed by atoms with Crippen molar-refractivity contribution in [2.75, 3.05) is 33.7 Å². The van der Waals surface area contributed by atoms with Gasteiger partial charge in [0.2, 0.25) is 0 Å². The van der Waals surface area contributed by atoms with Crippen LogP contribution in [0.25, 0.3) is 0 Å². The summed E-state index contributed by atoms with van der Waals surface area (Å²) in [6, 6.07) is 9.45.